The SMILES string of the molecule is CCOCCCn1c(=O)/c(=C\c2ccc(C(=O)OC)cc2)s/c1=C(/C#N)C(=O)C(C)(C)C. The van der Waals surface area contributed by atoms with Crippen LogP contribution in [0.4, 0.5) is 0 Å². The third-order valence-electron chi connectivity index (χ3n) is 4.65. The van der Waals surface area contributed by atoms with Gasteiger partial charge in [-0.1, -0.05) is 32.9 Å². The van der Waals surface area contributed by atoms with E-state index in [0.29, 0.717) is 46.5 Å². The zero-order chi connectivity index (χ0) is 23.9. The van der Waals surface area contributed by atoms with Gasteiger partial charge in [0.1, 0.15) is 16.3 Å². The number of nitrogens with zero attached hydrogens (tertiary/aromatic N) is 2. The molecule has 0 saturated carbocycles. The average molecular weight is 457 g/mol. The predicted molar refractivity (Wildman–Crippen MR) is 124 cm³/mol. The monoisotopic (exact) mass is 456 g/mol. The normalized spacial score (nSPS) is 12.9. The Morgan fingerprint density at radius 1 is 1.22 bits per heavy atom. The molecule has 8 heteroatoms. The second-order valence-corrected chi connectivity index (χ2v) is 9.13. The Morgan fingerprint density at radius 2 is 1.88 bits per heavy atom. The number of aromatic nitrogens is 1. The highest BCUT2D eigenvalue weighted by molar-refractivity contribution is 7.07. The summed E-state index contributed by atoms with van der Waals surface area (Å²) in [7, 11) is 1.31. The molecule has 170 valence electrons. The number of rotatable bonds is 8. The van der Waals surface area contributed by atoms with Crippen LogP contribution >= 0.6 is 11.3 Å². The summed E-state index contributed by atoms with van der Waals surface area (Å²) < 4.78 is 12.3. The van der Waals surface area contributed by atoms with Crippen molar-refractivity contribution >= 4 is 34.7 Å². The maximum absolute atomic E-state index is 13.2. The fourth-order valence-electron chi connectivity index (χ4n) is 2.93. The summed E-state index contributed by atoms with van der Waals surface area (Å²) in [4.78, 5) is 37.7. The lowest BCUT2D eigenvalue weighted by molar-refractivity contribution is -0.120. The molecule has 1 heterocycles. The smallest absolute Gasteiger partial charge is 0.337 e. The predicted octanol–water partition coefficient (Wildman–Crippen LogP) is 2.24. The standard InChI is InChI=1S/C24H28N2O5S/c1-6-31-13-7-12-26-21(28)19(14-16-8-10-17(11-9-16)23(29)30-5)32-22(26)18(15-25)20(27)24(2,3)4/h8-11,14H,6-7,12-13H2,1-5H3/b19-14+,22-18-. The number of carbonyl (C=O) groups excluding carboxylic acids is 2. The second-order valence-electron chi connectivity index (χ2n) is 8.10. The van der Waals surface area contributed by atoms with Gasteiger partial charge in [0.2, 0.25) is 0 Å². The summed E-state index contributed by atoms with van der Waals surface area (Å²) in [6.45, 7) is 8.51. The molecule has 0 atom stereocenters. The largest absolute Gasteiger partial charge is 0.465 e. The first-order valence-corrected chi connectivity index (χ1v) is 11.1. The Bertz CT molecular complexity index is 1190. The van der Waals surface area contributed by atoms with Gasteiger partial charge in [-0.25, -0.2) is 4.79 Å². The third-order valence-corrected chi connectivity index (χ3v) is 5.78. The van der Waals surface area contributed by atoms with E-state index >= 15 is 0 Å². The molecule has 0 bridgehead atoms. The van der Waals surface area contributed by atoms with E-state index in [4.69, 9.17) is 9.47 Å². The highest BCUT2D eigenvalue weighted by Gasteiger charge is 2.27. The van der Waals surface area contributed by atoms with Crippen LogP contribution in [0.2, 0.25) is 0 Å². The first-order valence-electron chi connectivity index (χ1n) is 10.3. The molecule has 0 radical (unpaired) electrons. The summed E-state index contributed by atoms with van der Waals surface area (Å²) in [5, 5.41) is 9.75. The number of Topliss-reactive ketones (excluding diaryl/α,β-unsaturated/α-hetero) is 1. The number of carbonyl (C=O) groups is 2. The number of thiazole rings is 1. The van der Waals surface area contributed by atoms with E-state index in [1.807, 2.05) is 13.0 Å². The molecule has 1 aromatic carbocycles. The first-order chi connectivity index (χ1) is 15.1. The van der Waals surface area contributed by atoms with Crippen LogP contribution in [0.3, 0.4) is 0 Å². The zero-order valence-electron chi connectivity index (χ0n) is 19.1. The van der Waals surface area contributed by atoms with Gasteiger partial charge in [0.05, 0.1) is 17.2 Å². The fraction of sp³-hybridized carbons (Fsp3) is 0.417. The van der Waals surface area contributed by atoms with Gasteiger partial charge >= 0.3 is 5.97 Å². The van der Waals surface area contributed by atoms with Gasteiger partial charge in [0.15, 0.2) is 5.78 Å². The van der Waals surface area contributed by atoms with Crippen molar-refractivity contribution in [1.29, 1.82) is 5.26 Å². The summed E-state index contributed by atoms with van der Waals surface area (Å²) in [5.74, 6) is -0.755. The van der Waals surface area contributed by atoms with Crippen LogP contribution in [-0.2, 0) is 20.8 Å². The maximum atomic E-state index is 13.2. The molecule has 0 aliphatic heterocycles. The topological polar surface area (TPSA) is 98.4 Å². The van der Waals surface area contributed by atoms with Gasteiger partial charge < -0.3 is 9.47 Å². The molecule has 2 rings (SSSR count). The lowest BCUT2D eigenvalue weighted by atomic mass is 9.87. The van der Waals surface area contributed by atoms with Crippen LogP contribution in [0.1, 0.15) is 50.0 Å². The number of nitriles is 1. The lowest BCUT2D eigenvalue weighted by Crippen LogP contribution is -2.34. The molecule has 0 saturated heterocycles. The molecule has 32 heavy (non-hydrogen) atoms. The van der Waals surface area contributed by atoms with Crippen molar-refractivity contribution in [2.45, 2.75) is 40.7 Å². The van der Waals surface area contributed by atoms with Crippen molar-refractivity contribution in [3.05, 3.63) is 54.9 Å². The van der Waals surface area contributed by atoms with Crippen molar-refractivity contribution < 1.29 is 19.1 Å². The Hall–Kier alpha value is -3.02. The third kappa shape index (κ3) is 6.02. The molecule has 0 fully saturated rings. The summed E-state index contributed by atoms with van der Waals surface area (Å²) in [6, 6.07) is 8.66. The van der Waals surface area contributed by atoms with Gasteiger partial charge in [-0.3, -0.25) is 14.2 Å². The van der Waals surface area contributed by atoms with Crippen LogP contribution in [0, 0.1) is 16.7 Å². The van der Waals surface area contributed by atoms with Gasteiger partial charge in [0, 0.05) is 25.2 Å². The number of methoxy groups -OCH3 is 1. The number of ether oxygens (including phenoxy) is 2. The number of hydrogen-bond donors (Lipinski definition) is 0. The van der Waals surface area contributed by atoms with E-state index < -0.39 is 11.4 Å². The minimum Gasteiger partial charge on any atom is -0.465 e. The van der Waals surface area contributed by atoms with Crippen molar-refractivity contribution in [2.75, 3.05) is 20.3 Å². The van der Waals surface area contributed by atoms with E-state index in [-0.39, 0.29) is 16.9 Å². The van der Waals surface area contributed by atoms with Crippen molar-refractivity contribution in [1.82, 2.24) is 4.57 Å². The van der Waals surface area contributed by atoms with E-state index in [1.165, 1.54) is 11.7 Å². The van der Waals surface area contributed by atoms with E-state index in [9.17, 15) is 19.6 Å². The molecule has 0 N–H and O–H groups in total. The zero-order valence-corrected chi connectivity index (χ0v) is 19.9. The van der Waals surface area contributed by atoms with E-state index in [2.05, 4.69) is 0 Å². The van der Waals surface area contributed by atoms with Gasteiger partial charge in [-0.15, -0.1) is 11.3 Å². The highest BCUT2D eigenvalue weighted by Crippen LogP contribution is 2.19. The molecule has 0 spiro atoms. The summed E-state index contributed by atoms with van der Waals surface area (Å²) in [5.41, 5.74) is 0.0737. The Kier molecular flexibility index (Phi) is 8.70. The molecule has 2 aromatic rings. The van der Waals surface area contributed by atoms with E-state index in [0.717, 1.165) is 11.3 Å². The molecular weight excluding hydrogens is 428 g/mol. The fourth-order valence-corrected chi connectivity index (χ4v) is 4.06. The minimum absolute atomic E-state index is 0.0169. The van der Waals surface area contributed by atoms with Crippen LogP contribution in [0.5, 0.6) is 0 Å². The minimum atomic E-state index is -0.755. The Labute approximate surface area is 191 Å². The lowest BCUT2D eigenvalue weighted by Gasteiger charge is -2.15. The van der Waals surface area contributed by atoms with E-state index in [1.54, 1.807) is 51.1 Å². The van der Waals surface area contributed by atoms with Crippen molar-refractivity contribution in [3.63, 3.8) is 0 Å². The van der Waals surface area contributed by atoms with Gasteiger partial charge in [-0.2, -0.15) is 5.26 Å². The van der Waals surface area contributed by atoms with Gasteiger partial charge in [-0.05, 0) is 37.1 Å². The molecule has 0 unspecified atom stereocenters. The molecular formula is C24H28N2O5S. The molecule has 0 amide bonds. The van der Waals surface area contributed by atoms with Gasteiger partial charge in [0.25, 0.3) is 5.56 Å². The quantitative estimate of drug-likeness (QED) is 0.446. The van der Waals surface area contributed by atoms with Crippen LogP contribution in [0.15, 0.2) is 29.1 Å². The van der Waals surface area contributed by atoms with Crippen LogP contribution in [0.25, 0.3) is 11.6 Å². The molecule has 0 aliphatic carbocycles. The second kappa shape index (κ2) is 11.0. The van der Waals surface area contributed by atoms with Crippen molar-refractivity contribution in [3.8, 4) is 6.07 Å². The Balaban J connectivity index is 2.66. The number of ketones is 1. The summed E-state index contributed by atoms with van der Waals surface area (Å²) >= 11 is 1.12. The number of esters is 1. The Morgan fingerprint density at radius 3 is 2.41 bits per heavy atom. The highest BCUT2D eigenvalue weighted by atomic mass is 32.1. The van der Waals surface area contributed by atoms with Crippen molar-refractivity contribution in [2.24, 2.45) is 5.41 Å². The average Bonchev–Trinajstić information content (AvgIpc) is 3.06. The first kappa shape index (κ1) is 25.2. The molecule has 7 nitrogen and oxygen atoms in total. The molecule has 0 aliphatic rings. The van der Waals surface area contributed by atoms with Crippen LogP contribution < -0.4 is 14.8 Å². The maximum Gasteiger partial charge on any atom is 0.337 e. The van der Waals surface area contributed by atoms with Crippen LogP contribution in [-0.4, -0.2) is 36.6 Å². The number of benzene rings is 1. The summed E-state index contributed by atoms with van der Waals surface area (Å²) in [6.07, 6.45) is 2.26. The molecule has 1 aromatic heterocycles. The number of hydrogen-bond acceptors (Lipinski definition) is 7.